The quantitative estimate of drug-likeness (QED) is 0.0489. The average molecular weight is 733 g/mol. The number of carbonyl (C=O) groups excluding carboxylic acids is 3. The summed E-state index contributed by atoms with van der Waals surface area (Å²) >= 11 is 5.49. The van der Waals surface area contributed by atoms with Crippen molar-refractivity contribution in [3.05, 3.63) is 29.8 Å². The Labute approximate surface area is 302 Å². The largest absolute Gasteiger partial charge is 0.480 e. The highest BCUT2D eigenvalue weighted by Crippen LogP contribution is 2.44. The molecular formula is C32H50N11O7S+. The summed E-state index contributed by atoms with van der Waals surface area (Å²) in [5, 5.41) is 44.6. The molecule has 3 atom stereocenters. The summed E-state index contributed by atoms with van der Waals surface area (Å²) in [4.78, 5) is 58.3. The molecule has 4 saturated heterocycles. The first kappa shape index (κ1) is 38.1. The molecule has 0 aromatic heterocycles. The highest BCUT2D eigenvalue weighted by Gasteiger charge is 2.70. The zero-order valence-corrected chi connectivity index (χ0v) is 29.6. The van der Waals surface area contributed by atoms with E-state index in [1.54, 1.807) is 0 Å². The van der Waals surface area contributed by atoms with Crippen LogP contribution in [0.1, 0.15) is 44.1 Å². The van der Waals surface area contributed by atoms with Gasteiger partial charge in [-0.1, -0.05) is 45.0 Å². The van der Waals surface area contributed by atoms with Gasteiger partial charge in [-0.3, -0.25) is 14.4 Å². The van der Waals surface area contributed by atoms with Crippen molar-refractivity contribution in [1.29, 1.82) is 0 Å². The van der Waals surface area contributed by atoms with Crippen LogP contribution >= 0.6 is 12.2 Å². The third kappa shape index (κ3) is 9.80. The van der Waals surface area contributed by atoms with Crippen molar-refractivity contribution in [2.75, 3.05) is 77.3 Å². The number of carboxylic acid groups (broad SMARTS) is 2. The number of thiocarbonyl (C=S) groups is 1. The summed E-state index contributed by atoms with van der Waals surface area (Å²) in [5.74, 6) is -3.58. The van der Waals surface area contributed by atoms with Crippen LogP contribution in [-0.2, 0) is 25.6 Å². The fourth-order valence-electron chi connectivity index (χ4n) is 7.27. The van der Waals surface area contributed by atoms with Crippen LogP contribution < -0.4 is 31.9 Å². The first-order chi connectivity index (χ1) is 24.6. The molecule has 19 heteroatoms. The minimum absolute atomic E-state index is 0.233. The number of urea groups is 1. The zero-order valence-electron chi connectivity index (χ0n) is 28.8. The van der Waals surface area contributed by atoms with Gasteiger partial charge in [-0.2, -0.15) is 0 Å². The summed E-state index contributed by atoms with van der Waals surface area (Å²) in [5.41, 5.74) is 2.29. The van der Waals surface area contributed by atoms with Crippen LogP contribution in [0.3, 0.4) is 0 Å². The molecule has 0 radical (unpaired) electrons. The van der Waals surface area contributed by atoms with Crippen LogP contribution in [0.4, 0.5) is 10.5 Å². The SMILES string of the molecule is O=C(O)CNC(=O)NC(CCC(=O)NCC(=O)NCCCCCCNC(=S)Nc1ccc(CC2CN3CCN4CCN5CCN2[N+]453)cc1)C(=O)O. The summed E-state index contributed by atoms with van der Waals surface area (Å²) < 4.78 is 0. The number of rotatable bonds is 19. The Hall–Kier alpha value is -4.14. The van der Waals surface area contributed by atoms with Crippen molar-refractivity contribution in [2.45, 2.75) is 57.0 Å². The maximum Gasteiger partial charge on any atom is 0.326 e. The van der Waals surface area contributed by atoms with Gasteiger partial charge in [-0.05, 0) is 60.5 Å². The number of nitrogens with zero attached hydrogens (tertiary/aromatic N) is 5. The molecule has 1 spiro atoms. The summed E-state index contributed by atoms with van der Waals surface area (Å²) in [6, 6.07) is 6.70. The minimum Gasteiger partial charge on any atom is -0.480 e. The summed E-state index contributed by atoms with van der Waals surface area (Å²) in [7, 11) is 0. The second-order valence-electron chi connectivity index (χ2n) is 13.1. The number of hydrogen-bond acceptors (Lipinski definition) is 10. The molecule has 0 saturated carbocycles. The van der Waals surface area contributed by atoms with Gasteiger partial charge < -0.3 is 42.1 Å². The normalized spacial score (nSPS) is 21.8. The van der Waals surface area contributed by atoms with Crippen LogP contribution in [0.5, 0.6) is 0 Å². The van der Waals surface area contributed by atoms with Crippen molar-refractivity contribution in [1.82, 2.24) is 46.6 Å². The Morgan fingerprint density at radius 3 is 2.10 bits per heavy atom. The molecule has 4 aliphatic rings. The van der Waals surface area contributed by atoms with Gasteiger partial charge in [-0.15, -0.1) is 0 Å². The molecule has 280 valence electrons. The lowest BCUT2D eigenvalue weighted by Gasteiger charge is -2.38. The molecule has 4 fully saturated rings. The summed E-state index contributed by atoms with van der Waals surface area (Å²) in [6.45, 7) is 8.18. The van der Waals surface area contributed by atoms with Gasteiger partial charge in [0.25, 0.3) is 0 Å². The fraction of sp³-hybridized carbons (Fsp3) is 0.625. The van der Waals surface area contributed by atoms with Crippen molar-refractivity contribution >= 4 is 52.8 Å². The predicted octanol–water partition coefficient (Wildman–Crippen LogP) is -0.967. The van der Waals surface area contributed by atoms with Crippen molar-refractivity contribution in [3.63, 3.8) is 0 Å². The zero-order chi connectivity index (χ0) is 36.4. The number of hydrogen-bond donors (Lipinski definition) is 8. The Balaban J connectivity index is 0.865. The molecule has 0 aliphatic carbocycles. The van der Waals surface area contributed by atoms with Crippen LogP contribution in [0.25, 0.3) is 0 Å². The highest BCUT2D eigenvalue weighted by atomic mass is 32.1. The van der Waals surface area contributed by atoms with Gasteiger partial charge in [0.2, 0.25) is 11.8 Å². The van der Waals surface area contributed by atoms with E-state index in [1.165, 1.54) is 5.56 Å². The van der Waals surface area contributed by atoms with Crippen LogP contribution in [0.2, 0.25) is 0 Å². The number of carboxylic acids is 2. The van der Waals surface area contributed by atoms with E-state index in [1.807, 2.05) is 5.32 Å². The third-order valence-electron chi connectivity index (χ3n) is 9.65. The van der Waals surface area contributed by atoms with E-state index in [4.69, 9.17) is 17.3 Å². The first-order valence-corrected chi connectivity index (χ1v) is 18.1. The number of nitrogens with one attached hydrogen (secondary N) is 6. The number of unbranched alkanes of at least 4 members (excludes halogenated alkanes) is 3. The van der Waals surface area contributed by atoms with Crippen molar-refractivity contribution in [3.8, 4) is 0 Å². The molecule has 4 heterocycles. The topological polar surface area (TPSA) is 211 Å². The van der Waals surface area contributed by atoms with E-state index in [9.17, 15) is 29.1 Å². The number of amides is 4. The lowest BCUT2D eigenvalue weighted by Crippen LogP contribution is -2.65. The number of quaternary nitrogens is 1. The predicted molar refractivity (Wildman–Crippen MR) is 189 cm³/mol. The molecule has 51 heavy (non-hydrogen) atoms. The highest BCUT2D eigenvalue weighted by molar-refractivity contribution is 7.80. The maximum atomic E-state index is 12.1. The van der Waals surface area contributed by atoms with Crippen LogP contribution in [0, 0.1) is 0 Å². The fourth-order valence-corrected chi connectivity index (χ4v) is 7.49. The van der Waals surface area contributed by atoms with E-state index in [0.29, 0.717) is 17.7 Å². The number of carbonyl (C=O) groups is 5. The smallest absolute Gasteiger partial charge is 0.326 e. The van der Waals surface area contributed by atoms with E-state index < -0.39 is 36.5 Å². The van der Waals surface area contributed by atoms with E-state index in [2.05, 4.69) is 70.9 Å². The number of anilines is 1. The third-order valence-corrected chi connectivity index (χ3v) is 9.90. The molecule has 18 nitrogen and oxygen atoms in total. The Morgan fingerprint density at radius 1 is 0.784 bits per heavy atom. The molecule has 1 aromatic carbocycles. The number of aliphatic carboxylic acids is 2. The first-order valence-electron chi connectivity index (χ1n) is 17.6. The molecule has 1 aromatic rings. The van der Waals surface area contributed by atoms with Gasteiger partial charge in [0.05, 0.1) is 58.4 Å². The lowest BCUT2D eigenvalue weighted by atomic mass is 10.1. The van der Waals surface area contributed by atoms with Crippen molar-refractivity contribution < 1.29 is 39.1 Å². The van der Waals surface area contributed by atoms with E-state index in [0.717, 1.165) is 95.1 Å². The Bertz CT molecular complexity index is 1430. The van der Waals surface area contributed by atoms with E-state index >= 15 is 0 Å². The lowest BCUT2D eigenvalue weighted by molar-refractivity contribution is -1.24. The molecule has 4 aliphatic heterocycles. The van der Waals surface area contributed by atoms with Crippen molar-refractivity contribution in [2.24, 2.45) is 0 Å². The number of benzene rings is 1. The van der Waals surface area contributed by atoms with Crippen LogP contribution in [-0.4, -0.2) is 154 Å². The second kappa shape index (κ2) is 17.9. The molecule has 3 unspecified atom stereocenters. The van der Waals surface area contributed by atoms with Gasteiger partial charge in [0.15, 0.2) is 5.11 Å². The molecule has 5 rings (SSSR count). The molecule has 0 bridgehead atoms. The van der Waals surface area contributed by atoms with Gasteiger partial charge in [-0.25, -0.2) is 9.59 Å². The second-order valence-corrected chi connectivity index (χ2v) is 13.6. The maximum absolute atomic E-state index is 12.1. The van der Waals surface area contributed by atoms with Gasteiger partial charge in [0, 0.05) is 25.2 Å². The molecule has 8 N–H and O–H groups in total. The minimum atomic E-state index is -1.40. The van der Waals surface area contributed by atoms with Gasteiger partial charge in [0.1, 0.15) is 12.6 Å². The van der Waals surface area contributed by atoms with Gasteiger partial charge >= 0.3 is 18.0 Å². The van der Waals surface area contributed by atoms with E-state index in [-0.39, 0.29) is 25.3 Å². The van der Waals surface area contributed by atoms with Crippen LogP contribution in [0.15, 0.2) is 24.3 Å². The Kier molecular flexibility index (Phi) is 13.4. The average Bonchev–Trinajstić information content (AvgIpc) is 3.82. The standard InChI is InChI=1S/C32H49N11O7S/c44-27(10-9-26(30(48)49)38-31(50)36-21-29(46)47)35-20-28(45)33-11-3-1-2-4-12-34-32(51)37-24-7-5-23(6-8-24)19-25-22-41-16-15-39-13-14-40-17-18-42(25)43(39,40)41/h5-8,25-26H,1-4,9-22H2,(H7-,33,34,35,36,37,38,44,45,46,47,48,49,50,51)/p+1. The monoisotopic (exact) mass is 732 g/mol. The Morgan fingerprint density at radius 2 is 1.43 bits per heavy atom. The molecule has 4 amide bonds. The molecular weight excluding hydrogens is 682 g/mol. The summed E-state index contributed by atoms with van der Waals surface area (Å²) in [6.07, 6.45) is 4.10.